The van der Waals surface area contributed by atoms with Crippen LogP contribution in [-0.2, 0) is 4.74 Å². The third kappa shape index (κ3) is 4.22. The van der Waals surface area contributed by atoms with Gasteiger partial charge < -0.3 is 14.8 Å². The first kappa shape index (κ1) is 15.3. The van der Waals surface area contributed by atoms with Crippen LogP contribution < -0.4 is 10.1 Å². The minimum atomic E-state index is 0.381. The highest BCUT2D eigenvalue weighted by Crippen LogP contribution is 2.28. The Morgan fingerprint density at radius 1 is 1.35 bits per heavy atom. The van der Waals surface area contributed by atoms with Gasteiger partial charge in [0.05, 0.1) is 13.2 Å². The highest BCUT2D eigenvalue weighted by Gasteiger charge is 2.18. The van der Waals surface area contributed by atoms with Crippen LogP contribution in [0, 0.1) is 5.92 Å². The Hall–Kier alpha value is -1.06. The molecule has 0 amide bonds. The molecule has 1 heterocycles. The minimum absolute atomic E-state index is 0.381. The molecule has 1 aromatic carbocycles. The van der Waals surface area contributed by atoms with Crippen molar-refractivity contribution in [2.45, 2.75) is 39.2 Å². The number of hydrogen-bond acceptors (Lipinski definition) is 3. The molecule has 2 atom stereocenters. The van der Waals surface area contributed by atoms with Crippen LogP contribution in [-0.4, -0.2) is 26.4 Å². The third-order valence-electron chi connectivity index (χ3n) is 3.84. The molecule has 0 radical (unpaired) electrons. The van der Waals surface area contributed by atoms with E-state index in [2.05, 4.69) is 43.4 Å². The van der Waals surface area contributed by atoms with Crippen LogP contribution in [0.5, 0.6) is 5.75 Å². The SMILES string of the molecule is CCCNC(CC)c1ccccc1OCC1CCOC1. The standard InChI is InChI=1S/C17H27NO2/c1-3-10-18-16(4-2)15-7-5-6-8-17(15)20-13-14-9-11-19-12-14/h5-8,14,16,18H,3-4,9-13H2,1-2H3. The summed E-state index contributed by atoms with van der Waals surface area (Å²) in [6.07, 6.45) is 3.35. The number of para-hydroxylation sites is 1. The highest BCUT2D eigenvalue weighted by molar-refractivity contribution is 5.36. The molecule has 2 rings (SSSR count). The maximum Gasteiger partial charge on any atom is 0.124 e. The van der Waals surface area contributed by atoms with Gasteiger partial charge in [0.25, 0.3) is 0 Å². The molecule has 0 saturated carbocycles. The van der Waals surface area contributed by atoms with Crippen molar-refractivity contribution in [2.24, 2.45) is 5.92 Å². The molecule has 1 aliphatic rings. The van der Waals surface area contributed by atoms with Gasteiger partial charge in [-0.1, -0.05) is 32.0 Å². The maximum atomic E-state index is 6.06. The molecule has 112 valence electrons. The summed E-state index contributed by atoms with van der Waals surface area (Å²) in [5.41, 5.74) is 1.28. The summed E-state index contributed by atoms with van der Waals surface area (Å²) in [5, 5.41) is 3.60. The number of ether oxygens (including phenoxy) is 2. The second-order valence-corrected chi connectivity index (χ2v) is 5.49. The fraction of sp³-hybridized carbons (Fsp3) is 0.647. The van der Waals surface area contributed by atoms with Crippen LogP contribution in [0.1, 0.15) is 44.7 Å². The highest BCUT2D eigenvalue weighted by atomic mass is 16.5. The molecule has 1 aromatic rings. The molecular weight excluding hydrogens is 250 g/mol. The topological polar surface area (TPSA) is 30.5 Å². The largest absolute Gasteiger partial charge is 0.493 e. The minimum Gasteiger partial charge on any atom is -0.493 e. The third-order valence-corrected chi connectivity index (χ3v) is 3.84. The Morgan fingerprint density at radius 2 is 2.20 bits per heavy atom. The summed E-state index contributed by atoms with van der Waals surface area (Å²) >= 11 is 0. The monoisotopic (exact) mass is 277 g/mol. The summed E-state index contributed by atoms with van der Waals surface area (Å²) in [6.45, 7) is 7.94. The Kier molecular flexibility index (Phi) is 6.34. The molecule has 1 N–H and O–H groups in total. The van der Waals surface area contributed by atoms with Gasteiger partial charge in [-0.2, -0.15) is 0 Å². The lowest BCUT2D eigenvalue weighted by atomic mass is 10.0. The van der Waals surface area contributed by atoms with Crippen molar-refractivity contribution >= 4 is 0 Å². The van der Waals surface area contributed by atoms with E-state index >= 15 is 0 Å². The van der Waals surface area contributed by atoms with Crippen LogP contribution >= 0.6 is 0 Å². The van der Waals surface area contributed by atoms with Crippen molar-refractivity contribution in [2.75, 3.05) is 26.4 Å². The summed E-state index contributed by atoms with van der Waals surface area (Å²) < 4.78 is 11.5. The smallest absolute Gasteiger partial charge is 0.124 e. The molecule has 0 aliphatic carbocycles. The van der Waals surface area contributed by atoms with Gasteiger partial charge in [0.1, 0.15) is 5.75 Å². The predicted octanol–water partition coefficient (Wildman–Crippen LogP) is 3.55. The van der Waals surface area contributed by atoms with Crippen LogP contribution in [0.25, 0.3) is 0 Å². The van der Waals surface area contributed by atoms with Gasteiger partial charge in [-0.05, 0) is 31.9 Å². The van der Waals surface area contributed by atoms with Gasteiger partial charge in [-0.15, -0.1) is 0 Å². The van der Waals surface area contributed by atoms with Gasteiger partial charge in [-0.3, -0.25) is 0 Å². The van der Waals surface area contributed by atoms with E-state index in [1.165, 1.54) is 5.56 Å². The van der Waals surface area contributed by atoms with E-state index in [-0.39, 0.29) is 0 Å². The van der Waals surface area contributed by atoms with Gasteiger partial charge in [0.2, 0.25) is 0 Å². The molecule has 3 nitrogen and oxygen atoms in total. The molecule has 20 heavy (non-hydrogen) atoms. The van der Waals surface area contributed by atoms with E-state index in [1.807, 2.05) is 0 Å². The van der Waals surface area contributed by atoms with Crippen LogP contribution in [0.15, 0.2) is 24.3 Å². The molecule has 0 bridgehead atoms. The average Bonchev–Trinajstić information content (AvgIpc) is 3.00. The molecular formula is C17H27NO2. The zero-order chi connectivity index (χ0) is 14.2. The number of hydrogen-bond donors (Lipinski definition) is 1. The first-order chi connectivity index (χ1) is 9.85. The summed E-state index contributed by atoms with van der Waals surface area (Å²) in [5.74, 6) is 1.57. The Morgan fingerprint density at radius 3 is 2.90 bits per heavy atom. The van der Waals surface area contributed by atoms with Crippen LogP contribution in [0.3, 0.4) is 0 Å². The van der Waals surface area contributed by atoms with E-state index in [4.69, 9.17) is 9.47 Å². The van der Waals surface area contributed by atoms with Crippen LogP contribution in [0.2, 0.25) is 0 Å². The lowest BCUT2D eigenvalue weighted by Crippen LogP contribution is -2.22. The van der Waals surface area contributed by atoms with E-state index < -0.39 is 0 Å². The first-order valence-corrected chi connectivity index (χ1v) is 7.88. The first-order valence-electron chi connectivity index (χ1n) is 7.88. The lowest BCUT2D eigenvalue weighted by molar-refractivity contribution is 0.166. The number of nitrogens with one attached hydrogen (secondary N) is 1. The zero-order valence-electron chi connectivity index (χ0n) is 12.7. The van der Waals surface area contributed by atoms with Gasteiger partial charge in [0.15, 0.2) is 0 Å². The quantitative estimate of drug-likeness (QED) is 0.788. The maximum absolute atomic E-state index is 6.06. The molecule has 0 aromatic heterocycles. The second-order valence-electron chi connectivity index (χ2n) is 5.49. The average molecular weight is 277 g/mol. The molecule has 1 aliphatic heterocycles. The fourth-order valence-electron chi connectivity index (χ4n) is 2.62. The lowest BCUT2D eigenvalue weighted by Gasteiger charge is -2.21. The molecule has 2 unspecified atom stereocenters. The van der Waals surface area contributed by atoms with E-state index in [0.29, 0.717) is 12.0 Å². The van der Waals surface area contributed by atoms with E-state index in [0.717, 1.165) is 51.4 Å². The summed E-state index contributed by atoms with van der Waals surface area (Å²) in [4.78, 5) is 0. The summed E-state index contributed by atoms with van der Waals surface area (Å²) in [6, 6.07) is 8.79. The van der Waals surface area contributed by atoms with Crippen molar-refractivity contribution in [3.8, 4) is 5.75 Å². The van der Waals surface area contributed by atoms with Crippen molar-refractivity contribution in [1.29, 1.82) is 0 Å². The number of rotatable bonds is 8. The Bertz CT molecular complexity index is 388. The number of benzene rings is 1. The van der Waals surface area contributed by atoms with E-state index in [1.54, 1.807) is 0 Å². The predicted molar refractivity (Wildman–Crippen MR) is 82.2 cm³/mol. The van der Waals surface area contributed by atoms with Gasteiger partial charge >= 0.3 is 0 Å². The van der Waals surface area contributed by atoms with Crippen molar-refractivity contribution in [3.63, 3.8) is 0 Å². The zero-order valence-corrected chi connectivity index (χ0v) is 12.7. The Labute approximate surface area is 122 Å². The Balaban J connectivity index is 1.99. The molecule has 1 saturated heterocycles. The second kappa shape index (κ2) is 8.28. The van der Waals surface area contributed by atoms with Crippen molar-refractivity contribution < 1.29 is 9.47 Å². The molecule has 3 heteroatoms. The van der Waals surface area contributed by atoms with Crippen molar-refractivity contribution in [3.05, 3.63) is 29.8 Å². The van der Waals surface area contributed by atoms with Gasteiger partial charge in [-0.25, -0.2) is 0 Å². The van der Waals surface area contributed by atoms with Crippen LogP contribution in [0.4, 0.5) is 0 Å². The summed E-state index contributed by atoms with van der Waals surface area (Å²) in [7, 11) is 0. The fourth-order valence-corrected chi connectivity index (χ4v) is 2.62. The van der Waals surface area contributed by atoms with E-state index in [9.17, 15) is 0 Å². The normalized spacial score (nSPS) is 20.0. The molecule has 0 spiro atoms. The van der Waals surface area contributed by atoms with Crippen molar-refractivity contribution in [1.82, 2.24) is 5.32 Å². The van der Waals surface area contributed by atoms with Gasteiger partial charge in [0, 0.05) is 24.1 Å². The molecule has 1 fully saturated rings.